The van der Waals surface area contributed by atoms with Crippen LogP contribution in [0.5, 0.6) is 11.5 Å². The van der Waals surface area contributed by atoms with Crippen molar-refractivity contribution in [2.45, 2.75) is 121 Å². The third kappa shape index (κ3) is 6.87. The van der Waals surface area contributed by atoms with Crippen LogP contribution in [0.25, 0.3) is 0 Å². The second-order valence-corrected chi connectivity index (χ2v) is 14.0. The molecule has 11 nitrogen and oxygen atoms in total. The Morgan fingerprint density at radius 2 is 1.81 bits per heavy atom. The molecule has 0 bridgehead atoms. The third-order valence-electron chi connectivity index (χ3n) is 8.03. The van der Waals surface area contributed by atoms with Crippen molar-refractivity contribution in [3.8, 4) is 11.5 Å². The molecule has 4 atom stereocenters. The number of hydrogen-bond acceptors (Lipinski definition) is 10. The van der Waals surface area contributed by atoms with E-state index in [1.54, 1.807) is 47.6 Å². The largest absolute Gasteiger partial charge is 0.478 e. The highest BCUT2D eigenvalue weighted by atomic mass is 16.6. The van der Waals surface area contributed by atoms with Crippen LogP contribution in [0.3, 0.4) is 0 Å². The first-order chi connectivity index (χ1) is 20.0. The molecule has 1 aromatic rings. The smallest absolute Gasteiger partial charge is 0.408 e. The standard InChI is InChI=1S/C32H42N2O9/c1-30(2,3)42-28(37)19(34-29(38)43-31(4,5)6)10-12-23(36)40-21-11-9-18-15-22(33-16-17-7-8-17)32(39)14-13-20(35)26-25(32)24(18)27(21)41-26/h9,11,17,19,25-26,39H,7-8,10,12-16H2,1-6H3,(H,34,38)/b33-22+/t19-,25?,26?,32+/m0/s1. The van der Waals surface area contributed by atoms with Crippen LogP contribution in [0.2, 0.25) is 0 Å². The summed E-state index contributed by atoms with van der Waals surface area (Å²) in [6.45, 7) is 10.9. The van der Waals surface area contributed by atoms with Gasteiger partial charge in [-0.25, -0.2) is 9.59 Å². The van der Waals surface area contributed by atoms with Crippen LogP contribution in [0.15, 0.2) is 17.1 Å². The molecule has 0 spiro atoms. The molecule has 234 valence electrons. The van der Waals surface area contributed by atoms with E-state index in [0.29, 0.717) is 30.2 Å². The van der Waals surface area contributed by atoms with Gasteiger partial charge in [-0.3, -0.25) is 14.6 Å². The molecule has 2 fully saturated rings. The molecule has 0 radical (unpaired) electrons. The van der Waals surface area contributed by atoms with Gasteiger partial charge < -0.3 is 29.4 Å². The van der Waals surface area contributed by atoms with E-state index in [4.69, 9.17) is 23.9 Å². The Hall–Kier alpha value is -3.47. The quantitative estimate of drug-likeness (QED) is 0.335. The second kappa shape index (κ2) is 11.2. The number of benzene rings is 1. The van der Waals surface area contributed by atoms with Crippen molar-refractivity contribution in [2.75, 3.05) is 6.54 Å². The fourth-order valence-electron chi connectivity index (χ4n) is 5.91. The van der Waals surface area contributed by atoms with Crippen LogP contribution < -0.4 is 14.8 Å². The van der Waals surface area contributed by atoms with Gasteiger partial charge in [0.25, 0.3) is 0 Å². The first kappa shape index (κ1) is 31.0. The Morgan fingerprint density at radius 3 is 2.47 bits per heavy atom. The summed E-state index contributed by atoms with van der Waals surface area (Å²) in [5.74, 6) is -1.11. The molecule has 1 amide bonds. The van der Waals surface area contributed by atoms with Gasteiger partial charge in [-0.2, -0.15) is 0 Å². The molecule has 0 aromatic heterocycles. The molecule has 2 N–H and O–H groups in total. The molecule has 0 saturated heterocycles. The van der Waals surface area contributed by atoms with Gasteiger partial charge in [0.2, 0.25) is 0 Å². The number of ether oxygens (including phenoxy) is 4. The number of alkyl carbamates (subject to hydrolysis) is 1. The maximum absolute atomic E-state index is 13.0. The second-order valence-electron chi connectivity index (χ2n) is 14.0. The predicted octanol–water partition coefficient (Wildman–Crippen LogP) is 3.95. The number of amides is 1. The Bertz CT molecular complexity index is 1350. The number of esters is 2. The molecule has 2 saturated carbocycles. The summed E-state index contributed by atoms with van der Waals surface area (Å²) in [4.78, 5) is 56.0. The Balaban J connectivity index is 1.32. The fraction of sp³-hybridized carbons (Fsp3) is 0.656. The SMILES string of the molecule is CC(C)(C)OC(=O)N[C@@H](CCC(=O)Oc1ccc2c3c1OC1C(=O)CC[C@@](O)(/C(=N/CC4CC4)C2)C31)C(=O)OC(C)(C)C. The van der Waals surface area contributed by atoms with E-state index in [1.807, 2.05) is 6.07 Å². The van der Waals surface area contributed by atoms with Gasteiger partial charge in [0.05, 0.1) is 5.92 Å². The van der Waals surface area contributed by atoms with Gasteiger partial charge in [-0.1, -0.05) is 6.07 Å². The number of ketones is 1. The maximum Gasteiger partial charge on any atom is 0.408 e. The van der Waals surface area contributed by atoms with E-state index >= 15 is 0 Å². The van der Waals surface area contributed by atoms with Crippen molar-refractivity contribution in [3.63, 3.8) is 0 Å². The van der Waals surface area contributed by atoms with Crippen LogP contribution in [0.4, 0.5) is 4.79 Å². The lowest BCUT2D eigenvalue weighted by Gasteiger charge is -2.44. The van der Waals surface area contributed by atoms with Crippen LogP contribution in [0, 0.1) is 5.92 Å². The maximum atomic E-state index is 13.0. The molecule has 11 heteroatoms. The summed E-state index contributed by atoms with van der Waals surface area (Å²) in [7, 11) is 0. The Kier molecular flexibility index (Phi) is 8.09. The number of carbonyl (C=O) groups excluding carboxylic acids is 4. The summed E-state index contributed by atoms with van der Waals surface area (Å²) in [6, 6.07) is 2.30. The third-order valence-corrected chi connectivity index (χ3v) is 8.03. The first-order valence-corrected chi connectivity index (χ1v) is 15.1. The van der Waals surface area contributed by atoms with Gasteiger partial charge in [0.1, 0.15) is 22.8 Å². The molecular formula is C32H42N2O9. The zero-order valence-corrected chi connectivity index (χ0v) is 25.8. The summed E-state index contributed by atoms with van der Waals surface area (Å²) < 4.78 is 22.5. The molecule has 43 heavy (non-hydrogen) atoms. The molecule has 4 aliphatic rings. The molecule has 3 aliphatic carbocycles. The van der Waals surface area contributed by atoms with Crippen molar-refractivity contribution >= 4 is 29.5 Å². The monoisotopic (exact) mass is 598 g/mol. The lowest BCUT2D eigenvalue weighted by atomic mass is 9.63. The summed E-state index contributed by atoms with van der Waals surface area (Å²) in [5, 5.41) is 14.4. The number of aliphatic imine (C=N–C) groups is 1. The number of hydrogen-bond donors (Lipinski definition) is 2. The molecule has 2 unspecified atom stereocenters. The highest BCUT2D eigenvalue weighted by Crippen LogP contribution is 2.57. The molecule has 1 heterocycles. The summed E-state index contributed by atoms with van der Waals surface area (Å²) in [5.41, 5.74) is -0.610. The summed E-state index contributed by atoms with van der Waals surface area (Å²) in [6.07, 6.45) is 1.16. The van der Waals surface area contributed by atoms with Crippen molar-refractivity contribution in [2.24, 2.45) is 10.9 Å². The zero-order valence-electron chi connectivity index (χ0n) is 25.8. The van der Waals surface area contributed by atoms with Crippen LogP contribution in [0.1, 0.15) is 97.1 Å². The minimum atomic E-state index is -1.29. The number of carbonyl (C=O) groups is 4. The van der Waals surface area contributed by atoms with Crippen LogP contribution in [-0.4, -0.2) is 70.1 Å². The highest BCUT2D eigenvalue weighted by molar-refractivity contribution is 6.02. The van der Waals surface area contributed by atoms with Crippen LogP contribution in [-0.2, 0) is 30.3 Å². The number of nitrogens with one attached hydrogen (secondary N) is 1. The van der Waals surface area contributed by atoms with E-state index in [-0.39, 0.29) is 43.0 Å². The van der Waals surface area contributed by atoms with Crippen molar-refractivity contribution in [1.82, 2.24) is 5.32 Å². The highest BCUT2D eigenvalue weighted by Gasteiger charge is 2.60. The average molecular weight is 599 g/mol. The fourth-order valence-corrected chi connectivity index (χ4v) is 5.91. The lowest BCUT2D eigenvalue weighted by Crippen LogP contribution is -2.56. The van der Waals surface area contributed by atoms with E-state index < -0.39 is 52.9 Å². The molecule has 1 aliphatic heterocycles. The molecule has 1 aromatic carbocycles. The minimum absolute atomic E-state index is 0.0988. The summed E-state index contributed by atoms with van der Waals surface area (Å²) >= 11 is 0. The number of nitrogens with zero attached hydrogens (tertiary/aromatic N) is 1. The van der Waals surface area contributed by atoms with E-state index in [9.17, 15) is 24.3 Å². The predicted molar refractivity (Wildman–Crippen MR) is 155 cm³/mol. The zero-order chi connectivity index (χ0) is 31.3. The van der Waals surface area contributed by atoms with Gasteiger partial charge in [-0.15, -0.1) is 0 Å². The van der Waals surface area contributed by atoms with E-state index in [1.165, 1.54) is 0 Å². The van der Waals surface area contributed by atoms with Crippen molar-refractivity contribution < 1.29 is 43.2 Å². The Labute approximate surface area is 251 Å². The van der Waals surface area contributed by atoms with E-state index in [2.05, 4.69) is 5.32 Å². The minimum Gasteiger partial charge on any atom is -0.478 e. The van der Waals surface area contributed by atoms with Gasteiger partial charge in [0.15, 0.2) is 23.4 Å². The topological polar surface area (TPSA) is 150 Å². The Morgan fingerprint density at radius 1 is 1.12 bits per heavy atom. The normalized spacial score (nSPS) is 25.8. The first-order valence-electron chi connectivity index (χ1n) is 15.1. The number of rotatable bonds is 8. The van der Waals surface area contributed by atoms with Crippen LogP contribution >= 0.6 is 0 Å². The molecular weight excluding hydrogens is 556 g/mol. The van der Waals surface area contributed by atoms with Gasteiger partial charge >= 0.3 is 18.0 Å². The van der Waals surface area contributed by atoms with Gasteiger partial charge in [0, 0.05) is 37.1 Å². The number of Topliss-reactive ketones (excluding diaryl/α,β-unsaturated/α-hetero) is 1. The average Bonchev–Trinajstić information content (AvgIpc) is 3.61. The molecule has 5 rings (SSSR count). The number of aliphatic hydroxyl groups is 1. The van der Waals surface area contributed by atoms with Gasteiger partial charge in [-0.05, 0) is 84.8 Å². The van der Waals surface area contributed by atoms with Crippen molar-refractivity contribution in [1.29, 1.82) is 0 Å². The van der Waals surface area contributed by atoms with Crippen molar-refractivity contribution in [3.05, 3.63) is 23.3 Å². The lowest BCUT2D eigenvalue weighted by molar-refractivity contribution is -0.157. The van der Waals surface area contributed by atoms with E-state index in [0.717, 1.165) is 18.4 Å².